The smallest absolute Gasteiger partial charge is 0.225 e. The first-order valence-electron chi connectivity index (χ1n) is 4.99. The number of aromatic nitrogens is 2. The van der Waals surface area contributed by atoms with E-state index in [-0.39, 0.29) is 0 Å². The fourth-order valence-electron chi connectivity index (χ4n) is 1.34. The van der Waals surface area contributed by atoms with Gasteiger partial charge in [0.2, 0.25) is 11.8 Å². The molecule has 0 aromatic carbocycles. The highest BCUT2D eigenvalue weighted by atomic mass is 16.5. The van der Waals surface area contributed by atoms with Crippen molar-refractivity contribution in [3.63, 3.8) is 0 Å². The van der Waals surface area contributed by atoms with E-state index in [1.165, 1.54) is 19.3 Å². The van der Waals surface area contributed by atoms with Gasteiger partial charge in [-0.15, -0.1) is 0 Å². The number of ether oxygens (including phenoxy) is 1. The summed E-state index contributed by atoms with van der Waals surface area (Å²) >= 11 is 0. The second kappa shape index (κ2) is 4.26. The molecule has 0 bridgehead atoms. The first-order chi connectivity index (χ1) is 6.88. The van der Waals surface area contributed by atoms with Crippen molar-refractivity contribution in [1.29, 1.82) is 0 Å². The van der Waals surface area contributed by atoms with Crippen LogP contribution in [0.1, 0.15) is 19.3 Å². The van der Waals surface area contributed by atoms with E-state index in [1.807, 2.05) is 0 Å². The normalized spacial score (nSPS) is 15.2. The first-order valence-corrected chi connectivity index (χ1v) is 4.99. The lowest BCUT2D eigenvalue weighted by Crippen LogP contribution is -2.06. The summed E-state index contributed by atoms with van der Waals surface area (Å²) in [6, 6.07) is 1.74. The molecule has 14 heavy (non-hydrogen) atoms. The zero-order valence-electron chi connectivity index (χ0n) is 8.36. The van der Waals surface area contributed by atoms with Crippen LogP contribution < -0.4 is 10.1 Å². The van der Waals surface area contributed by atoms with Crippen LogP contribution in [-0.4, -0.2) is 23.6 Å². The summed E-state index contributed by atoms with van der Waals surface area (Å²) in [5.41, 5.74) is 0. The molecule has 1 aromatic heterocycles. The Morgan fingerprint density at radius 2 is 2.43 bits per heavy atom. The molecule has 1 aromatic rings. The SMILES string of the molecule is COc1ccnc(NCCC2CC2)n1. The molecule has 0 amide bonds. The summed E-state index contributed by atoms with van der Waals surface area (Å²) in [4.78, 5) is 8.27. The molecule has 4 heteroatoms. The van der Waals surface area contributed by atoms with Gasteiger partial charge in [-0.2, -0.15) is 4.98 Å². The van der Waals surface area contributed by atoms with E-state index in [0.717, 1.165) is 12.5 Å². The largest absolute Gasteiger partial charge is 0.481 e. The summed E-state index contributed by atoms with van der Waals surface area (Å²) in [7, 11) is 1.61. The Hall–Kier alpha value is -1.32. The lowest BCUT2D eigenvalue weighted by molar-refractivity contribution is 0.397. The molecular formula is C10H15N3O. The number of hydrogen-bond acceptors (Lipinski definition) is 4. The average Bonchev–Trinajstić information content (AvgIpc) is 3.02. The number of hydrogen-bond donors (Lipinski definition) is 1. The van der Waals surface area contributed by atoms with Crippen LogP contribution in [0.2, 0.25) is 0 Å². The molecule has 2 rings (SSSR count). The first kappa shape index (κ1) is 9.24. The predicted molar refractivity (Wildman–Crippen MR) is 54.4 cm³/mol. The van der Waals surface area contributed by atoms with Crippen molar-refractivity contribution in [3.8, 4) is 5.88 Å². The van der Waals surface area contributed by atoms with Crippen LogP contribution in [0.25, 0.3) is 0 Å². The van der Waals surface area contributed by atoms with Crippen molar-refractivity contribution >= 4 is 5.95 Å². The number of anilines is 1. The molecule has 0 spiro atoms. The molecular weight excluding hydrogens is 178 g/mol. The molecule has 76 valence electrons. The zero-order valence-corrected chi connectivity index (χ0v) is 8.36. The third kappa shape index (κ3) is 2.58. The van der Waals surface area contributed by atoms with Crippen LogP contribution in [0.5, 0.6) is 5.88 Å². The Labute approximate surface area is 83.7 Å². The fraction of sp³-hybridized carbons (Fsp3) is 0.600. The molecule has 4 nitrogen and oxygen atoms in total. The molecule has 0 aliphatic heterocycles. The Bertz CT molecular complexity index is 299. The summed E-state index contributed by atoms with van der Waals surface area (Å²) in [6.07, 6.45) is 5.70. The minimum atomic E-state index is 0.605. The molecule has 1 N–H and O–H groups in total. The Kier molecular flexibility index (Phi) is 2.81. The summed E-state index contributed by atoms with van der Waals surface area (Å²) in [5.74, 6) is 2.20. The lowest BCUT2D eigenvalue weighted by Gasteiger charge is -2.04. The maximum atomic E-state index is 5.00. The number of nitrogens with zero attached hydrogens (tertiary/aromatic N) is 2. The van der Waals surface area contributed by atoms with Crippen LogP contribution in [-0.2, 0) is 0 Å². The fourth-order valence-corrected chi connectivity index (χ4v) is 1.34. The molecule has 1 heterocycles. The van der Waals surface area contributed by atoms with Crippen molar-refractivity contribution in [1.82, 2.24) is 9.97 Å². The minimum Gasteiger partial charge on any atom is -0.481 e. The van der Waals surface area contributed by atoms with Crippen molar-refractivity contribution in [2.75, 3.05) is 19.0 Å². The monoisotopic (exact) mass is 193 g/mol. The van der Waals surface area contributed by atoms with E-state index >= 15 is 0 Å². The van der Waals surface area contributed by atoms with Crippen molar-refractivity contribution in [2.45, 2.75) is 19.3 Å². The standard InChI is InChI=1S/C10H15N3O/c1-14-9-5-7-12-10(13-9)11-6-4-8-2-3-8/h5,7-8H,2-4,6H2,1H3,(H,11,12,13). The van der Waals surface area contributed by atoms with Crippen LogP contribution in [0.4, 0.5) is 5.95 Å². The molecule has 1 saturated carbocycles. The van der Waals surface area contributed by atoms with Crippen molar-refractivity contribution in [2.24, 2.45) is 5.92 Å². The van der Waals surface area contributed by atoms with E-state index in [4.69, 9.17) is 4.74 Å². The molecule has 1 aliphatic rings. The summed E-state index contributed by atoms with van der Waals surface area (Å²) < 4.78 is 5.00. The highest BCUT2D eigenvalue weighted by Crippen LogP contribution is 2.31. The van der Waals surface area contributed by atoms with Gasteiger partial charge in [0.1, 0.15) is 0 Å². The van der Waals surface area contributed by atoms with E-state index in [1.54, 1.807) is 19.4 Å². The average molecular weight is 193 g/mol. The quantitative estimate of drug-likeness (QED) is 0.773. The van der Waals surface area contributed by atoms with Gasteiger partial charge in [-0.3, -0.25) is 0 Å². The van der Waals surface area contributed by atoms with Gasteiger partial charge in [0.25, 0.3) is 0 Å². The maximum Gasteiger partial charge on any atom is 0.225 e. The zero-order chi connectivity index (χ0) is 9.80. The van der Waals surface area contributed by atoms with Gasteiger partial charge in [-0.25, -0.2) is 4.98 Å². The summed E-state index contributed by atoms with van der Waals surface area (Å²) in [5, 5.41) is 3.19. The van der Waals surface area contributed by atoms with Gasteiger partial charge in [0.15, 0.2) is 0 Å². The highest BCUT2D eigenvalue weighted by Gasteiger charge is 2.20. The Morgan fingerprint density at radius 3 is 3.14 bits per heavy atom. The van der Waals surface area contributed by atoms with Crippen LogP contribution in [0.15, 0.2) is 12.3 Å². The van der Waals surface area contributed by atoms with Gasteiger partial charge >= 0.3 is 0 Å². The number of nitrogens with one attached hydrogen (secondary N) is 1. The third-order valence-corrected chi connectivity index (χ3v) is 2.37. The van der Waals surface area contributed by atoms with Crippen LogP contribution in [0, 0.1) is 5.92 Å². The van der Waals surface area contributed by atoms with Gasteiger partial charge in [0, 0.05) is 18.8 Å². The van der Waals surface area contributed by atoms with Crippen LogP contribution >= 0.6 is 0 Å². The second-order valence-corrected chi connectivity index (χ2v) is 3.58. The topological polar surface area (TPSA) is 47.0 Å². The highest BCUT2D eigenvalue weighted by molar-refractivity contribution is 5.27. The Morgan fingerprint density at radius 1 is 1.57 bits per heavy atom. The van der Waals surface area contributed by atoms with Crippen molar-refractivity contribution in [3.05, 3.63) is 12.3 Å². The minimum absolute atomic E-state index is 0.605. The van der Waals surface area contributed by atoms with Crippen molar-refractivity contribution < 1.29 is 4.74 Å². The van der Waals surface area contributed by atoms with Gasteiger partial charge in [-0.05, 0) is 12.3 Å². The number of methoxy groups -OCH3 is 1. The molecule has 1 aliphatic carbocycles. The number of rotatable bonds is 5. The maximum absolute atomic E-state index is 5.00. The molecule has 0 unspecified atom stereocenters. The van der Waals surface area contributed by atoms with E-state index in [2.05, 4.69) is 15.3 Å². The lowest BCUT2D eigenvalue weighted by atomic mass is 10.3. The van der Waals surface area contributed by atoms with Gasteiger partial charge < -0.3 is 10.1 Å². The summed E-state index contributed by atoms with van der Waals surface area (Å²) in [6.45, 7) is 0.956. The van der Waals surface area contributed by atoms with E-state index < -0.39 is 0 Å². The van der Waals surface area contributed by atoms with Gasteiger partial charge in [0.05, 0.1) is 7.11 Å². The van der Waals surface area contributed by atoms with Crippen LogP contribution in [0.3, 0.4) is 0 Å². The predicted octanol–water partition coefficient (Wildman–Crippen LogP) is 1.70. The molecule has 0 radical (unpaired) electrons. The Balaban J connectivity index is 1.81. The molecule has 1 fully saturated rings. The third-order valence-electron chi connectivity index (χ3n) is 2.37. The molecule has 0 saturated heterocycles. The molecule has 0 atom stereocenters. The van der Waals surface area contributed by atoms with Gasteiger partial charge in [-0.1, -0.05) is 12.8 Å². The van der Waals surface area contributed by atoms with E-state index in [9.17, 15) is 0 Å². The second-order valence-electron chi connectivity index (χ2n) is 3.58. The van der Waals surface area contributed by atoms with E-state index in [0.29, 0.717) is 11.8 Å².